The molecule has 0 amide bonds. The van der Waals surface area contributed by atoms with Crippen molar-refractivity contribution in [1.29, 1.82) is 0 Å². The minimum absolute atomic E-state index is 0.00715. The zero-order valence-electron chi connectivity index (χ0n) is 11.5. The van der Waals surface area contributed by atoms with Gasteiger partial charge in [-0.05, 0) is 31.4 Å². The summed E-state index contributed by atoms with van der Waals surface area (Å²) in [7, 11) is -3.50. The van der Waals surface area contributed by atoms with Gasteiger partial charge in [-0.15, -0.1) is 0 Å². The van der Waals surface area contributed by atoms with Crippen molar-refractivity contribution in [2.24, 2.45) is 0 Å². The van der Waals surface area contributed by atoms with Crippen LogP contribution in [0.2, 0.25) is 0 Å². The first-order valence-corrected chi connectivity index (χ1v) is 8.66. The van der Waals surface area contributed by atoms with Crippen molar-refractivity contribution in [1.82, 2.24) is 9.29 Å². The van der Waals surface area contributed by atoms with Gasteiger partial charge in [0.25, 0.3) is 0 Å². The van der Waals surface area contributed by atoms with Crippen molar-refractivity contribution < 1.29 is 8.42 Å². The molecule has 5 heteroatoms. The van der Waals surface area contributed by atoms with Crippen molar-refractivity contribution in [3.8, 4) is 0 Å². The maximum atomic E-state index is 13.1. The summed E-state index contributed by atoms with van der Waals surface area (Å²) in [4.78, 5) is 4.62. The third-order valence-corrected chi connectivity index (χ3v) is 6.41. The van der Waals surface area contributed by atoms with Crippen LogP contribution in [0.25, 0.3) is 10.9 Å². The topological polar surface area (TPSA) is 50.3 Å². The summed E-state index contributed by atoms with van der Waals surface area (Å²) >= 11 is 0. The fourth-order valence-corrected chi connectivity index (χ4v) is 5.47. The molecule has 0 spiro atoms. The summed E-state index contributed by atoms with van der Waals surface area (Å²) in [6.45, 7) is 0. The average molecular weight is 300 g/mol. The predicted molar refractivity (Wildman–Crippen MR) is 81.3 cm³/mol. The Morgan fingerprint density at radius 2 is 2.00 bits per heavy atom. The lowest BCUT2D eigenvalue weighted by molar-refractivity contribution is 0.341. The first-order valence-electron chi connectivity index (χ1n) is 7.22. The second-order valence-corrected chi connectivity index (χ2v) is 7.44. The molecule has 1 aromatic carbocycles. The molecule has 0 N–H and O–H groups in total. The van der Waals surface area contributed by atoms with Gasteiger partial charge in [0.05, 0.1) is 5.52 Å². The van der Waals surface area contributed by atoms with Gasteiger partial charge in [-0.3, -0.25) is 4.98 Å². The normalized spacial score (nSPS) is 25.5. The standard InChI is InChI=1S/C16H16N2O2S/c19-21(20,18-13-6-2-7-14(18)10-9-13)15-8-1-4-12-5-3-11-17-16(12)15/h1-6,8,11,13-14H,7,9-10H2. The van der Waals surface area contributed by atoms with Crippen LogP contribution < -0.4 is 0 Å². The zero-order chi connectivity index (χ0) is 14.4. The summed E-state index contributed by atoms with van der Waals surface area (Å²) in [5.41, 5.74) is 0.564. The number of rotatable bonds is 2. The molecule has 2 unspecified atom stereocenters. The number of aromatic nitrogens is 1. The van der Waals surface area contributed by atoms with Crippen LogP contribution in [-0.2, 0) is 10.0 Å². The molecule has 2 aliphatic rings. The van der Waals surface area contributed by atoms with E-state index >= 15 is 0 Å². The van der Waals surface area contributed by atoms with Crippen LogP contribution >= 0.6 is 0 Å². The van der Waals surface area contributed by atoms with Crippen LogP contribution in [0.1, 0.15) is 19.3 Å². The number of fused-ring (bicyclic) bond motifs is 3. The molecule has 0 saturated carbocycles. The SMILES string of the molecule is O=S(=O)(c1cccc2cccnc12)N1C2C=CCC1CC2. The van der Waals surface area contributed by atoms with E-state index in [0.717, 1.165) is 24.6 Å². The highest BCUT2D eigenvalue weighted by molar-refractivity contribution is 7.89. The van der Waals surface area contributed by atoms with Crippen molar-refractivity contribution in [3.05, 3.63) is 48.7 Å². The van der Waals surface area contributed by atoms with Crippen molar-refractivity contribution >= 4 is 20.9 Å². The van der Waals surface area contributed by atoms with Gasteiger partial charge in [0.2, 0.25) is 10.0 Å². The summed E-state index contributed by atoms with van der Waals surface area (Å²) in [5, 5.41) is 0.860. The molecule has 1 saturated heterocycles. The lowest BCUT2D eigenvalue weighted by Crippen LogP contribution is -2.42. The molecule has 1 fully saturated rings. The van der Waals surface area contributed by atoms with Gasteiger partial charge in [0, 0.05) is 23.7 Å². The molecule has 0 radical (unpaired) electrons. The minimum Gasteiger partial charge on any atom is -0.255 e. The summed E-state index contributed by atoms with van der Waals surface area (Å²) in [5.74, 6) is 0. The Hall–Kier alpha value is -1.72. The molecular formula is C16H16N2O2S. The summed E-state index contributed by atoms with van der Waals surface area (Å²) in [6, 6.07) is 9.18. The molecule has 2 bridgehead atoms. The first kappa shape index (κ1) is 13.0. The Labute approximate surface area is 124 Å². The van der Waals surface area contributed by atoms with Crippen LogP contribution in [0.4, 0.5) is 0 Å². The Kier molecular flexibility index (Phi) is 2.87. The van der Waals surface area contributed by atoms with Crippen LogP contribution in [0.5, 0.6) is 0 Å². The van der Waals surface area contributed by atoms with Crippen LogP contribution in [0.3, 0.4) is 0 Å². The molecule has 1 aromatic heterocycles. The lowest BCUT2D eigenvalue weighted by Gasteiger charge is -2.30. The molecule has 2 atom stereocenters. The van der Waals surface area contributed by atoms with Crippen molar-refractivity contribution in [2.45, 2.75) is 36.2 Å². The van der Waals surface area contributed by atoms with Crippen molar-refractivity contribution in [3.63, 3.8) is 0 Å². The Morgan fingerprint density at radius 1 is 1.14 bits per heavy atom. The molecule has 0 aliphatic carbocycles. The van der Waals surface area contributed by atoms with E-state index in [4.69, 9.17) is 0 Å². The van der Waals surface area contributed by atoms with Crippen LogP contribution in [0, 0.1) is 0 Å². The van der Waals surface area contributed by atoms with E-state index in [1.54, 1.807) is 22.6 Å². The van der Waals surface area contributed by atoms with Gasteiger partial charge in [0.1, 0.15) is 4.90 Å². The minimum atomic E-state index is -3.50. The van der Waals surface area contributed by atoms with Gasteiger partial charge in [0.15, 0.2) is 0 Å². The predicted octanol–water partition coefficient (Wildman–Crippen LogP) is 2.72. The average Bonchev–Trinajstić information content (AvgIpc) is 2.78. The Morgan fingerprint density at radius 3 is 2.86 bits per heavy atom. The quantitative estimate of drug-likeness (QED) is 0.801. The maximum absolute atomic E-state index is 13.1. The van der Waals surface area contributed by atoms with Crippen LogP contribution in [-0.4, -0.2) is 29.8 Å². The maximum Gasteiger partial charge on any atom is 0.246 e. The number of nitrogens with zero attached hydrogens (tertiary/aromatic N) is 2. The number of sulfonamides is 1. The Bertz CT molecular complexity index is 824. The largest absolute Gasteiger partial charge is 0.255 e. The molecular weight excluding hydrogens is 284 g/mol. The molecule has 4 rings (SSSR count). The fourth-order valence-electron chi connectivity index (χ4n) is 3.46. The number of benzene rings is 1. The van der Waals surface area contributed by atoms with E-state index in [0.29, 0.717) is 10.4 Å². The number of hydrogen-bond acceptors (Lipinski definition) is 3. The Balaban J connectivity index is 1.90. The fraction of sp³-hybridized carbons (Fsp3) is 0.312. The molecule has 4 nitrogen and oxygen atoms in total. The lowest BCUT2D eigenvalue weighted by atomic mass is 10.2. The van der Waals surface area contributed by atoms with Gasteiger partial charge >= 0.3 is 0 Å². The second kappa shape index (κ2) is 4.64. The number of pyridine rings is 1. The second-order valence-electron chi connectivity index (χ2n) is 5.63. The van der Waals surface area contributed by atoms with Gasteiger partial charge in [-0.25, -0.2) is 8.42 Å². The third-order valence-electron chi connectivity index (χ3n) is 4.40. The van der Waals surface area contributed by atoms with E-state index in [2.05, 4.69) is 11.1 Å². The number of para-hydroxylation sites is 1. The van der Waals surface area contributed by atoms with E-state index in [1.807, 2.05) is 24.3 Å². The third kappa shape index (κ3) is 1.92. The molecule has 21 heavy (non-hydrogen) atoms. The summed E-state index contributed by atoms with van der Waals surface area (Å²) in [6.07, 6.45) is 8.45. The zero-order valence-corrected chi connectivity index (χ0v) is 12.3. The highest BCUT2D eigenvalue weighted by Crippen LogP contribution is 2.37. The molecule has 2 aliphatic heterocycles. The van der Waals surface area contributed by atoms with Gasteiger partial charge in [-0.1, -0.05) is 30.4 Å². The molecule has 2 aromatic rings. The highest BCUT2D eigenvalue weighted by atomic mass is 32.2. The van der Waals surface area contributed by atoms with Gasteiger partial charge in [-0.2, -0.15) is 4.31 Å². The first-order chi connectivity index (χ1) is 10.2. The molecule has 3 heterocycles. The smallest absolute Gasteiger partial charge is 0.246 e. The van der Waals surface area contributed by atoms with E-state index in [1.165, 1.54) is 0 Å². The van der Waals surface area contributed by atoms with Gasteiger partial charge < -0.3 is 0 Å². The van der Waals surface area contributed by atoms with Crippen molar-refractivity contribution in [2.75, 3.05) is 0 Å². The van der Waals surface area contributed by atoms with E-state index in [-0.39, 0.29) is 12.1 Å². The summed E-state index contributed by atoms with van der Waals surface area (Å²) < 4.78 is 27.9. The monoisotopic (exact) mass is 300 g/mol. The van der Waals surface area contributed by atoms with Crippen LogP contribution in [0.15, 0.2) is 53.6 Å². The van der Waals surface area contributed by atoms with E-state index < -0.39 is 10.0 Å². The highest BCUT2D eigenvalue weighted by Gasteiger charge is 2.42. The molecule has 108 valence electrons. The van der Waals surface area contributed by atoms with E-state index in [9.17, 15) is 8.42 Å². The number of hydrogen-bond donors (Lipinski definition) is 0.